The van der Waals surface area contributed by atoms with Gasteiger partial charge in [-0.25, -0.2) is 0 Å². The maximum absolute atomic E-state index is 13.1. The molecule has 2 N–H and O–H groups in total. The first-order valence-electron chi connectivity index (χ1n) is 10.4. The normalized spacial score (nSPS) is 21.1. The molecule has 0 bridgehead atoms. The minimum absolute atomic E-state index is 0.121. The number of rotatable bonds is 5. The van der Waals surface area contributed by atoms with Crippen LogP contribution in [0.25, 0.3) is 12.2 Å². The van der Waals surface area contributed by atoms with Gasteiger partial charge in [0.2, 0.25) is 0 Å². The van der Waals surface area contributed by atoms with Crippen molar-refractivity contribution in [1.29, 1.82) is 0 Å². The van der Waals surface area contributed by atoms with Crippen molar-refractivity contribution in [3.05, 3.63) is 64.1 Å². The molecule has 1 saturated carbocycles. The molecule has 1 fully saturated rings. The molecule has 154 valence electrons. The van der Waals surface area contributed by atoms with Gasteiger partial charge >= 0.3 is 0 Å². The molecule has 2 atom stereocenters. The zero-order valence-electron chi connectivity index (χ0n) is 17.6. The fourth-order valence-electron chi connectivity index (χ4n) is 4.00. The first-order valence-corrected chi connectivity index (χ1v) is 10.4. The summed E-state index contributed by atoms with van der Waals surface area (Å²) >= 11 is 0. The third kappa shape index (κ3) is 5.04. The van der Waals surface area contributed by atoms with E-state index in [4.69, 9.17) is 0 Å². The van der Waals surface area contributed by atoms with E-state index in [1.807, 2.05) is 63.5 Å². The van der Waals surface area contributed by atoms with Gasteiger partial charge in [0, 0.05) is 35.2 Å². The number of pyridine rings is 1. The smallest absolute Gasteiger partial charge is 0.253 e. The summed E-state index contributed by atoms with van der Waals surface area (Å²) in [5.74, 6) is -0.121. The van der Waals surface area contributed by atoms with E-state index in [9.17, 15) is 9.90 Å². The summed E-state index contributed by atoms with van der Waals surface area (Å²) < 4.78 is 2.11. The van der Waals surface area contributed by atoms with Crippen LogP contribution in [0.15, 0.2) is 36.7 Å². The van der Waals surface area contributed by atoms with Crippen LogP contribution < -0.4 is 15.9 Å². The molecule has 1 aliphatic rings. The van der Waals surface area contributed by atoms with Crippen LogP contribution in [0.3, 0.4) is 0 Å². The lowest BCUT2D eigenvalue weighted by molar-refractivity contribution is 0.0716. The summed E-state index contributed by atoms with van der Waals surface area (Å²) in [5.41, 5.74) is 2.76. The molecule has 3 rings (SSSR count). The number of aromatic nitrogens is 2. The Morgan fingerprint density at radius 2 is 2.14 bits per heavy atom. The molecule has 29 heavy (non-hydrogen) atoms. The molecular formula is C24H31N3O2. The molecule has 1 amide bonds. The first kappa shape index (κ1) is 21.1. The average molecular weight is 394 g/mol. The summed E-state index contributed by atoms with van der Waals surface area (Å²) in [6.07, 6.45) is 14.9. The molecule has 2 aromatic heterocycles. The summed E-state index contributed by atoms with van der Waals surface area (Å²) in [6, 6.07) is 3.89. The second-order valence-corrected chi connectivity index (χ2v) is 7.69. The predicted octanol–water partition coefficient (Wildman–Crippen LogP) is 2.43. The van der Waals surface area contributed by atoms with Gasteiger partial charge in [0.25, 0.3) is 5.91 Å². The van der Waals surface area contributed by atoms with E-state index in [1.54, 1.807) is 0 Å². The number of nitrogens with zero attached hydrogens (tertiary/aromatic N) is 2. The van der Waals surface area contributed by atoms with E-state index < -0.39 is 6.10 Å². The van der Waals surface area contributed by atoms with Crippen molar-refractivity contribution in [3.8, 4) is 0 Å². The van der Waals surface area contributed by atoms with Crippen LogP contribution in [0.4, 0.5) is 0 Å². The van der Waals surface area contributed by atoms with E-state index in [-0.39, 0.29) is 11.9 Å². The lowest BCUT2D eigenvalue weighted by Crippen LogP contribution is -2.46. The van der Waals surface area contributed by atoms with E-state index in [0.717, 1.165) is 47.5 Å². The number of amides is 1. The lowest BCUT2D eigenvalue weighted by Gasteiger charge is -2.28. The molecule has 2 heterocycles. The number of hydrogen-bond donors (Lipinski definition) is 2. The minimum atomic E-state index is -0.460. The summed E-state index contributed by atoms with van der Waals surface area (Å²) in [7, 11) is 0. The molecule has 0 aromatic carbocycles. The summed E-state index contributed by atoms with van der Waals surface area (Å²) in [5, 5.41) is 15.2. The number of aryl methyl sites for hydroxylation is 1. The van der Waals surface area contributed by atoms with E-state index in [2.05, 4.69) is 20.9 Å². The zero-order chi connectivity index (χ0) is 20.8. The van der Waals surface area contributed by atoms with Crippen molar-refractivity contribution >= 4 is 18.1 Å². The monoisotopic (exact) mass is 393 g/mol. The lowest BCUT2D eigenvalue weighted by atomic mass is 9.92. The largest absolute Gasteiger partial charge is 0.391 e. The van der Waals surface area contributed by atoms with Crippen molar-refractivity contribution in [2.75, 3.05) is 0 Å². The second-order valence-electron chi connectivity index (χ2n) is 7.69. The minimum Gasteiger partial charge on any atom is -0.391 e. The number of allylic oxidation sites excluding steroid dienone is 2. The predicted molar refractivity (Wildman–Crippen MR) is 117 cm³/mol. The number of carbonyl (C=O) groups excluding carboxylic acids is 1. The van der Waals surface area contributed by atoms with Crippen LogP contribution in [-0.2, 0) is 6.54 Å². The highest BCUT2D eigenvalue weighted by Gasteiger charge is 2.25. The zero-order valence-corrected chi connectivity index (χ0v) is 17.6. The Labute approximate surface area is 172 Å². The van der Waals surface area contributed by atoms with Crippen LogP contribution in [0.5, 0.6) is 0 Å². The Morgan fingerprint density at radius 3 is 2.83 bits per heavy atom. The van der Waals surface area contributed by atoms with Crippen molar-refractivity contribution in [2.45, 2.75) is 65.1 Å². The fourth-order valence-corrected chi connectivity index (χ4v) is 4.00. The van der Waals surface area contributed by atoms with Gasteiger partial charge in [0.05, 0.1) is 17.7 Å². The molecule has 1 aliphatic carbocycles. The Balaban J connectivity index is 1.99. The van der Waals surface area contributed by atoms with Crippen LogP contribution in [0.1, 0.15) is 61.1 Å². The third-order valence-corrected chi connectivity index (χ3v) is 5.50. The van der Waals surface area contributed by atoms with E-state index >= 15 is 0 Å². The molecule has 5 heteroatoms. The van der Waals surface area contributed by atoms with Gasteiger partial charge < -0.3 is 15.0 Å². The van der Waals surface area contributed by atoms with Gasteiger partial charge in [-0.3, -0.25) is 9.78 Å². The van der Waals surface area contributed by atoms with E-state index in [1.165, 1.54) is 0 Å². The number of aliphatic hydroxyl groups is 1. The summed E-state index contributed by atoms with van der Waals surface area (Å²) in [6.45, 7) is 6.57. The Bertz CT molecular complexity index is 1000. The van der Waals surface area contributed by atoms with Gasteiger partial charge in [-0.05, 0) is 57.4 Å². The maximum Gasteiger partial charge on any atom is 0.253 e. The Kier molecular flexibility index (Phi) is 7.04. The quantitative estimate of drug-likeness (QED) is 0.820. The Morgan fingerprint density at radius 1 is 1.34 bits per heavy atom. The van der Waals surface area contributed by atoms with Gasteiger partial charge in [-0.15, -0.1) is 0 Å². The maximum atomic E-state index is 13.1. The SMILES string of the molecule is C\C=C/C=c1\c(=C\C)c(C(=O)N[C@H]2CCCCC2O)cn1Cc1ccnc(C)c1. The number of hydrogen-bond acceptors (Lipinski definition) is 3. The van der Waals surface area contributed by atoms with Gasteiger partial charge in [0.1, 0.15) is 0 Å². The van der Waals surface area contributed by atoms with Gasteiger partial charge in [0.15, 0.2) is 0 Å². The van der Waals surface area contributed by atoms with Crippen molar-refractivity contribution < 1.29 is 9.90 Å². The highest BCUT2D eigenvalue weighted by Crippen LogP contribution is 2.18. The van der Waals surface area contributed by atoms with Crippen molar-refractivity contribution in [1.82, 2.24) is 14.9 Å². The number of nitrogens with one attached hydrogen (secondary N) is 1. The molecule has 0 aliphatic heterocycles. The average Bonchev–Trinajstić information content (AvgIpc) is 3.05. The van der Waals surface area contributed by atoms with Crippen molar-refractivity contribution in [2.24, 2.45) is 0 Å². The standard InChI is InChI=1S/C24H31N3O2/c1-4-6-10-22-19(5-2)20(24(29)26-21-9-7-8-11-23(21)28)16-27(22)15-18-12-13-25-17(3)14-18/h4-6,10,12-14,16,21,23,28H,7-9,11,15H2,1-3H3,(H,26,29)/b6-4-,19-5+,22-10+/t21-,23?/m0/s1. The molecule has 5 nitrogen and oxygen atoms in total. The van der Waals surface area contributed by atoms with Crippen LogP contribution in [0, 0.1) is 6.92 Å². The van der Waals surface area contributed by atoms with Gasteiger partial charge in [-0.2, -0.15) is 0 Å². The van der Waals surface area contributed by atoms with E-state index in [0.29, 0.717) is 12.1 Å². The fraction of sp³-hybridized carbons (Fsp3) is 0.417. The number of carbonyl (C=O) groups is 1. The van der Waals surface area contributed by atoms with Crippen LogP contribution in [-0.4, -0.2) is 32.7 Å². The molecule has 1 unspecified atom stereocenters. The number of aliphatic hydroxyl groups excluding tert-OH is 1. The molecule has 2 aromatic rings. The molecule has 0 spiro atoms. The van der Waals surface area contributed by atoms with Crippen molar-refractivity contribution in [3.63, 3.8) is 0 Å². The third-order valence-electron chi connectivity index (χ3n) is 5.50. The highest BCUT2D eigenvalue weighted by atomic mass is 16.3. The van der Waals surface area contributed by atoms with Gasteiger partial charge in [-0.1, -0.05) is 31.1 Å². The molecule has 0 saturated heterocycles. The second kappa shape index (κ2) is 9.70. The first-order chi connectivity index (χ1) is 14.0. The molecular weight excluding hydrogens is 362 g/mol. The Hall–Kier alpha value is -2.66. The summed E-state index contributed by atoms with van der Waals surface area (Å²) in [4.78, 5) is 17.4. The molecule has 0 radical (unpaired) electrons. The topological polar surface area (TPSA) is 67.2 Å². The van der Waals surface area contributed by atoms with Crippen LogP contribution in [0.2, 0.25) is 0 Å². The van der Waals surface area contributed by atoms with Crippen LogP contribution >= 0.6 is 0 Å². The highest BCUT2D eigenvalue weighted by molar-refractivity contribution is 5.94.